The Balaban J connectivity index is 2.15. The van der Waals surface area contributed by atoms with Gasteiger partial charge in [-0.2, -0.15) is 0 Å². The van der Waals surface area contributed by atoms with E-state index >= 15 is 0 Å². The largest absolute Gasteiger partial charge is 0.508 e. The van der Waals surface area contributed by atoms with Gasteiger partial charge >= 0.3 is 11.9 Å². The number of hydrogen-bond acceptors (Lipinski definition) is 8. The van der Waals surface area contributed by atoms with Gasteiger partial charge in [0, 0.05) is 12.8 Å². The summed E-state index contributed by atoms with van der Waals surface area (Å²) in [7, 11) is 0. The van der Waals surface area contributed by atoms with Crippen LogP contribution in [0.3, 0.4) is 0 Å². The van der Waals surface area contributed by atoms with Gasteiger partial charge < -0.3 is 41.7 Å². The van der Waals surface area contributed by atoms with E-state index in [0.29, 0.717) is 18.5 Å². The Morgan fingerprint density at radius 3 is 2.11 bits per heavy atom. The Labute approximate surface area is 200 Å². The average molecular weight is 495 g/mol. The molecule has 0 aromatic heterocycles. The van der Waals surface area contributed by atoms with Crippen LogP contribution in [0.1, 0.15) is 31.2 Å². The molecule has 192 valence electrons. The fourth-order valence-corrected chi connectivity index (χ4v) is 3.52. The van der Waals surface area contributed by atoms with Crippen LogP contribution in [0.25, 0.3) is 0 Å². The van der Waals surface area contributed by atoms with Crippen molar-refractivity contribution in [2.24, 2.45) is 0 Å². The fraction of sp³-hybridized carbons (Fsp3) is 0.500. The van der Waals surface area contributed by atoms with E-state index in [1.807, 2.05) is 0 Å². The second-order valence-corrected chi connectivity index (χ2v) is 8.16. The quantitative estimate of drug-likeness (QED) is 0.152. The topological polar surface area (TPSA) is 214 Å². The van der Waals surface area contributed by atoms with Crippen LogP contribution >= 0.6 is 0 Å². The highest BCUT2D eigenvalue weighted by molar-refractivity contribution is 5.94. The van der Waals surface area contributed by atoms with Gasteiger partial charge in [0.25, 0.3) is 0 Å². The highest BCUT2D eigenvalue weighted by atomic mass is 16.4. The summed E-state index contributed by atoms with van der Waals surface area (Å²) in [5.41, 5.74) is 0.514. The normalized spacial score (nSPS) is 17.6. The Kier molecular flexibility index (Phi) is 10.4. The molecule has 8 N–H and O–H groups in total. The first-order valence-corrected chi connectivity index (χ1v) is 11.1. The maximum absolute atomic E-state index is 12.9. The minimum Gasteiger partial charge on any atom is -0.508 e. The predicted molar refractivity (Wildman–Crippen MR) is 120 cm³/mol. The van der Waals surface area contributed by atoms with Crippen LogP contribution in [-0.4, -0.2) is 87.4 Å². The predicted octanol–water partition coefficient (Wildman–Crippen LogP) is -1.92. The average Bonchev–Trinajstić information content (AvgIpc) is 3.35. The van der Waals surface area contributed by atoms with Gasteiger partial charge in [0.05, 0.1) is 12.6 Å². The lowest BCUT2D eigenvalue weighted by atomic mass is 10.0. The number of carboxylic acid groups (broad SMARTS) is 2. The van der Waals surface area contributed by atoms with Crippen LogP contribution in [0.5, 0.6) is 5.75 Å². The summed E-state index contributed by atoms with van der Waals surface area (Å²) in [6.07, 6.45) is 0.374. The molecule has 4 atom stereocenters. The van der Waals surface area contributed by atoms with Crippen molar-refractivity contribution in [3.8, 4) is 5.75 Å². The zero-order valence-electron chi connectivity index (χ0n) is 18.9. The zero-order valence-corrected chi connectivity index (χ0v) is 18.9. The number of amides is 3. The number of carbonyl (C=O) groups excluding carboxylic acids is 3. The fourth-order valence-electron chi connectivity index (χ4n) is 3.52. The van der Waals surface area contributed by atoms with Crippen LogP contribution in [0, 0.1) is 0 Å². The number of aromatic hydroxyl groups is 1. The van der Waals surface area contributed by atoms with Crippen molar-refractivity contribution < 1.29 is 44.4 Å². The van der Waals surface area contributed by atoms with Crippen molar-refractivity contribution >= 4 is 29.7 Å². The van der Waals surface area contributed by atoms with E-state index in [4.69, 9.17) is 5.11 Å². The van der Waals surface area contributed by atoms with E-state index < -0.39 is 66.9 Å². The Hall–Kier alpha value is -3.71. The van der Waals surface area contributed by atoms with Gasteiger partial charge in [-0.3, -0.25) is 19.2 Å². The Morgan fingerprint density at radius 2 is 1.57 bits per heavy atom. The summed E-state index contributed by atoms with van der Waals surface area (Å²) in [6.45, 7) is -0.0935. The molecule has 0 radical (unpaired) electrons. The molecule has 13 heteroatoms. The van der Waals surface area contributed by atoms with E-state index in [9.17, 15) is 39.3 Å². The lowest BCUT2D eigenvalue weighted by molar-refractivity contribution is -0.143. The van der Waals surface area contributed by atoms with Crippen LogP contribution in [-0.2, 0) is 30.4 Å². The monoisotopic (exact) mass is 494 g/mol. The number of carboxylic acids is 2. The molecule has 1 saturated heterocycles. The van der Waals surface area contributed by atoms with Gasteiger partial charge in [-0.15, -0.1) is 0 Å². The number of aliphatic carboxylic acids is 2. The van der Waals surface area contributed by atoms with Gasteiger partial charge in [-0.25, -0.2) is 4.79 Å². The third-order valence-corrected chi connectivity index (χ3v) is 5.46. The molecular formula is C22H30N4O9. The molecular weight excluding hydrogens is 464 g/mol. The number of phenolic OH excluding ortho intramolecular Hbond substituents is 1. The number of hydrogen-bond donors (Lipinski definition) is 8. The molecule has 2 rings (SSSR count). The molecule has 1 aliphatic rings. The number of benzene rings is 1. The molecule has 0 saturated carbocycles. The second-order valence-electron chi connectivity index (χ2n) is 8.16. The molecule has 1 aromatic carbocycles. The summed E-state index contributed by atoms with van der Waals surface area (Å²) in [6, 6.07) is 1.03. The molecule has 35 heavy (non-hydrogen) atoms. The van der Waals surface area contributed by atoms with Gasteiger partial charge in [0.1, 0.15) is 23.9 Å². The van der Waals surface area contributed by atoms with E-state index in [2.05, 4.69) is 21.3 Å². The molecule has 0 aliphatic carbocycles. The SMILES string of the molecule is O=C(O)CCC(NC(=O)C(Cc1ccc(O)cc1)NC(=O)C(CO)NC(=O)C1CCCN1)C(=O)O. The van der Waals surface area contributed by atoms with Gasteiger partial charge in [0.15, 0.2) is 0 Å². The maximum Gasteiger partial charge on any atom is 0.326 e. The first-order chi connectivity index (χ1) is 16.6. The summed E-state index contributed by atoms with van der Waals surface area (Å²) in [4.78, 5) is 60.3. The number of aliphatic hydroxyl groups excluding tert-OH is 1. The molecule has 3 amide bonds. The molecule has 4 unspecified atom stereocenters. The molecule has 1 aliphatic heterocycles. The summed E-state index contributed by atoms with van der Waals surface area (Å²) in [5.74, 6) is -4.95. The summed E-state index contributed by atoms with van der Waals surface area (Å²) >= 11 is 0. The maximum atomic E-state index is 12.9. The first kappa shape index (κ1) is 27.5. The Morgan fingerprint density at radius 1 is 0.943 bits per heavy atom. The number of phenols is 1. The van der Waals surface area contributed by atoms with Crippen molar-refractivity contribution in [1.82, 2.24) is 21.3 Å². The standard InChI is InChI=1S/C22H30N4O9/c27-11-17(26-19(31)14-2-1-9-23-14)21(33)25-16(10-12-3-5-13(28)6-4-12)20(32)24-15(22(34)35)7-8-18(29)30/h3-6,14-17,23,27-28H,1-2,7-11H2,(H,24,32)(H,25,33)(H,26,31)(H,29,30)(H,34,35). The lowest BCUT2D eigenvalue weighted by Crippen LogP contribution is -2.58. The van der Waals surface area contributed by atoms with Gasteiger partial charge in [-0.1, -0.05) is 12.1 Å². The molecule has 1 fully saturated rings. The van der Waals surface area contributed by atoms with Crippen molar-refractivity contribution in [3.05, 3.63) is 29.8 Å². The summed E-state index contributed by atoms with van der Waals surface area (Å²) < 4.78 is 0. The molecule has 1 aromatic rings. The zero-order chi connectivity index (χ0) is 26.0. The van der Waals surface area contributed by atoms with Crippen molar-refractivity contribution in [3.63, 3.8) is 0 Å². The minimum absolute atomic E-state index is 0.0259. The van der Waals surface area contributed by atoms with Crippen molar-refractivity contribution in [2.75, 3.05) is 13.2 Å². The second kappa shape index (κ2) is 13.2. The van der Waals surface area contributed by atoms with E-state index in [-0.39, 0.29) is 18.6 Å². The number of aliphatic hydroxyl groups is 1. The lowest BCUT2D eigenvalue weighted by Gasteiger charge is -2.24. The number of rotatable bonds is 13. The van der Waals surface area contributed by atoms with Crippen LogP contribution in [0.15, 0.2) is 24.3 Å². The Bertz CT molecular complexity index is 916. The highest BCUT2D eigenvalue weighted by Crippen LogP contribution is 2.12. The first-order valence-electron chi connectivity index (χ1n) is 11.1. The molecule has 13 nitrogen and oxygen atoms in total. The van der Waals surface area contributed by atoms with Gasteiger partial charge in [0.2, 0.25) is 17.7 Å². The number of nitrogens with one attached hydrogen (secondary N) is 4. The minimum atomic E-state index is -1.51. The van der Waals surface area contributed by atoms with Crippen molar-refractivity contribution in [1.29, 1.82) is 0 Å². The van der Waals surface area contributed by atoms with Crippen molar-refractivity contribution in [2.45, 2.75) is 56.3 Å². The third-order valence-electron chi connectivity index (χ3n) is 5.46. The van der Waals surface area contributed by atoms with Crippen LogP contribution < -0.4 is 21.3 Å². The van der Waals surface area contributed by atoms with Crippen LogP contribution in [0.4, 0.5) is 0 Å². The summed E-state index contributed by atoms with van der Waals surface area (Å²) in [5, 5.41) is 47.3. The molecule has 1 heterocycles. The van der Waals surface area contributed by atoms with E-state index in [1.165, 1.54) is 24.3 Å². The van der Waals surface area contributed by atoms with Gasteiger partial charge in [-0.05, 0) is 43.5 Å². The molecule has 0 bridgehead atoms. The van der Waals surface area contributed by atoms with E-state index in [0.717, 1.165) is 6.42 Å². The smallest absolute Gasteiger partial charge is 0.326 e. The van der Waals surface area contributed by atoms with E-state index in [1.54, 1.807) is 0 Å². The third kappa shape index (κ3) is 8.87. The molecule has 0 spiro atoms. The van der Waals surface area contributed by atoms with Crippen LogP contribution in [0.2, 0.25) is 0 Å². The number of carbonyl (C=O) groups is 5. The highest BCUT2D eigenvalue weighted by Gasteiger charge is 2.31.